The second kappa shape index (κ2) is 5.49. The van der Waals surface area contributed by atoms with Crippen molar-refractivity contribution in [2.75, 3.05) is 5.32 Å². The van der Waals surface area contributed by atoms with Gasteiger partial charge in [0.1, 0.15) is 0 Å². The Hall–Kier alpha value is -2.40. The van der Waals surface area contributed by atoms with E-state index in [9.17, 15) is 14.9 Å². The molecule has 0 radical (unpaired) electrons. The number of carbonyl (C=O) groups excluding carboxylic acids is 1. The van der Waals surface area contributed by atoms with Crippen LogP contribution in [-0.4, -0.2) is 10.3 Å². The van der Waals surface area contributed by atoms with Crippen LogP contribution >= 0.6 is 11.6 Å². The van der Waals surface area contributed by atoms with E-state index in [2.05, 4.69) is 5.32 Å². The maximum Gasteiger partial charge on any atom is 0.318 e. The number of anilines is 1. The first kappa shape index (κ1) is 13.0. The molecule has 0 saturated carbocycles. The van der Waals surface area contributed by atoms with Gasteiger partial charge in [0.2, 0.25) is 0 Å². The van der Waals surface area contributed by atoms with Gasteiger partial charge in [-0.3, -0.25) is 14.9 Å². The summed E-state index contributed by atoms with van der Waals surface area (Å²) >= 11 is 5.30. The fraction of sp³-hybridized carbons (Fsp3) is 0. The largest absolute Gasteiger partial charge is 0.318 e. The van der Waals surface area contributed by atoms with Crippen LogP contribution in [0, 0.1) is 10.1 Å². The number of non-ortho nitro benzene ring substituents is 1. The molecule has 2 rings (SSSR count). The van der Waals surface area contributed by atoms with Crippen LogP contribution in [0.15, 0.2) is 48.5 Å². The number of rotatable bonds is 3. The summed E-state index contributed by atoms with van der Waals surface area (Å²) in [6.45, 7) is 0. The highest BCUT2D eigenvalue weighted by Gasteiger charge is 2.09. The average Bonchev–Trinajstić information content (AvgIpc) is 2.39. The standard InChI is InChI=1S/C13H9ClN2O3/c14-13(17)15-12-4-2-1-3-11(12)9-5-7-10(8-6-9)16(18)19/h1-8H,(H,15,17). The second-order valence-electron chi connectivity index (χ2n) is 3.75. The predicted octanol–water partition coefficient (Wildman–Crippen LogP) is 4.03. The van der Waals surface area contributed by atoms with Crippen LogP contribution in [0.1, 0.15) is 0 Å². The zero-order chi connectivity index (χ0) is 13.8. The first-order valence-corrected chi connectivity index (χ1v) is 5.76. The predicted molar refractivity (Wildman–Crippen MR) is 73.4 cm³/mol. The third-order valence-corrected chi connectivity index (χ3v) is 2.64. The van der Waals surface area contributed by atoms with Crippen molar-refractivity contribution in [2.45, 2.75) is 0 Å². The molecule has 1 amide bonds. The van der Waals surface area contributed by atoms with Gasteiger partial charge in [-0.2, -0.15) is 0 Å². The Kier molecular flexibility index (Phi) is 3.77. The van der Waals surface area contributed by atoms with Crippen molar-refractivity contribution in [1.29, 1.82) is 0 Å². The van der Waals surface area contributed by atoms with E-state index in [0.717, 1.165) is 11.1 Å². The van der Waals surface area contributed by atoms with Crippen molar-refractivity contribution >= 4 is 28.3 Å². The van der Waals surface area contributed by atoms with Crippen LogP contribution in [0.4, 0.5) is 16.2 Å². The molecule has 5 nitrogen and oxygen atoms in total. The van der Waals surface area contributed by atoms with Crippen molar-refractivity contribution in [2.24, 2.45) is 0 Å². The van der Waals surface area contributed by atoms with Crippen molar-refractivity contribution in [3.05, 3.63) is 58.6 Å². The van der Waals surface area contributed by atoms with E-state index in [0.29, 0.717) is 5.69 Å². The number of hydrogen-bond donors (Lipinski definition) is 1. The quantitative estimate of drug-likeness (QED) is 0.398. The van der Waals surface area contributed by atoms with Gasteiger partial charge >= 0.3 is 5.37 Å². The molecule has 6 heteroatoms. The summed E-state index contributed by atoms with van der Waals surface area (Å²) in [4.78, 5) is 21.0. The third-order valence-electron chi connectivity index (χ3n) is 2.55. The number of nitrogens with one attached hydrogen (secondary N) is 1. The van der Waals surface area contributed by atoms with Gasteiger partial charge < -0.3 is 5.32 Å². The van der Waals surface area contributed by atoms with Gasteiger partial charge in [0.15, 0.2) is 0 Å². The summed E-state index contributed by atoms with van der Waals surface area (Å²) in [5, 5.41) is 12.4. The minimum absolute atomic E-state index is 0.0163. The lowest BCUT2D eigenvalue weighted by molar-refractivity contribution is -0.384. The molecule has 0 aliphatic rings. The lowest BCUT2D eigenvalue weighted by Gasteiger charge is -2.08. The Morgan fingerprint density at radius 3 is 2.32 bits per heavy atom. The van der Waals surface area contributed by atoms with E-state index in [1.807, 2.05) is 0 Å². The Morgan fingerprint density at radius 2 is 1.74 bits per heavy atom. The van der Waals surface area contributed by atoms with Crippen LogP contribution in [0.25, 0.3) is 11.1 Å². The Balaban J connectivity index is 2.41. The van der Waals surface area contributed by atoms with E-state index in [1.54, 1.807) is 36.4 Å². The van der Waals surface area contributed by atoms with Crippen LogP contribution in [0.2, 0.25) is 0 Å². The Labute approximate surface area is 114 Å². The van der Waals surface area contributed by atoms with Gasteiger partial charge in [-0.1, -0.05) is 18.2 Å². The van der Waals surface area contributed by atoms with Crippen LogP contribution in [0.5, 0.6) is 0 Å². The number of halogens is 1. The zero-order valence-corrected chi connectivity index (χ0v) is 10.4. The molecular weight excluding hydrogens is 268 g/mol. The molecule has 0 bridgehead atoms. The van der Waals surface area contributed by atoms with E-state index in [-0.39, 0.29) is 5.69 Å². The number of para-hydroxylation sites is 1. The van der Waals surface area contributed by atoms with E-state index < -0.39 is 10.3 Å². The summed E-state index contributed by atoms with van der Waals surface area (Å²) in [7, 11) is 0. The van der Waals surface area contributed by atoms with Crippen molar-refractivity contribution in [3.63, 3.8) is 0 Å². The molecule has 0 aliphatic heterocycles. The summed E-state index contributed by atoms with van der Waals surface area (Å²) in [6, 6.07) is 13.1. The second-order valence-corrected chi connectivity index (χ2v) is 4.09. The van der Waals surface area contributed by atoms with Crippen molar-refractivity contribution in [1.82, 2.24) is 0 Å². The third kappa shape index (κ3) is 3.08. The van der Waals surface area contributed by atoms with Gasteiger partial charge in [-0.05, 0) is 35.4 Å². The van der Waals surface area contributed by atoms with Gasteiger partial charge in [0.05, 0.1) is 4.92 Å². The first-order chi connectivity index (χ1) is 9.08. The Morgan fingerprint density at radius 1 is 1.11 bits per heavy atom. The van der Waals surface area contributed by atoms with Crippen LogP contribution in [-0.2, 0) is 0 Å². The van der Waals surface area contributed by atoms with Gasteiger partial charge in [0, 0.05) is 23.4 Å². The molecule has 2 aromatic carbocycles. The number of benzene rings is 2. The summed E-state index contributed by atoms with van der Waals surface area (Å²) < 4.78 is 0. The van der Waals surface area contributed by atoms with Gasteiger partial charge in [-0.25, -0.2) is 0 Å². The minimum atomic E-state index is -0.686. The molecule has 0 heterocycles. The molecule has 2 aromatic rings. The van der Waals surface area contributed by atoms with Crippen LogP contribution in [0.3, 0.4) is 0 Å². The Bertz CT molecular complexity index is 626. The first-order valence-electron chi connectivity index (χ1n) is 5.38. The fourth-order valence-electron chi connectivity index (χ4n) is 1.71. The molecule has 1 N–H and O–H groups in total. The SMILES string of the molecule is O=C(Cl)Nc1ccccc1-c1ccc([N+](=O)[O-])cc1. The molecule has 0 spiro atoms. The van der Waals surface area contributed by atoms with E-state index in [1.165, 1.54) is 12.1 Å². The molecule has 0 fully saturated rings. The van der Waals surface area contributed by atoms with Crippen molar-refractivity contribution < 1.29 is 9.72 Å². The lowest BCUT2D eigenvalue weighted by atomic mass is 10.0. The number of amides is 1. The molecule has 0 unspecified atom stereocenters. The highest BCUT2D eigenvalue weighted by molar-refractivity contribution is 6.65. The smallest absolute Gasteiger partial charge is 0.312 e. The molecular formula is C13H9ClN2O3. The molecule has 19 heavy (non-hydrogen) atoms. The molecule has 0 saturated heterocycles. The normalized spacial score (nSPS) is 9.95. The zero-order valence-electron chi connectivity index (χ0n) is 9.67. The van der Waals surface area contributed by atoms with Gasteiger partial charge in [-0.15, -0.1) is 0 Å². The maximum absolute atomic E-state index is 10.9. The van der Waals surface area contributed by atoms with Gasteiger partial charge in [0.25, 0.3) is 5.69 Å². The van der Waals surface area contributed by atoms with E-state index >= 15 is 0 Å². The summed E-state index contributed by atoms with van der Waals surface area (Å²) in [6.07, 6.45) is 0. The summed E-state index contributed by atoms with van der Waals surface area (Å²) in [5.41, 5.74) is 2.07. The fourth-order valence-corrected chi connectivity index (χ4v) is 1.81. The maximum atomic E-state index is 10.9. The number of nitrogens with zero attached hydrogens (tertiary/aromatic N) is 1. The van der Waals surface area contributed by atoms with Crippen LogP contribution < -0.4 is 5.32 Å². The molecule has 96 valence electrons. The number of nitro groups is 1. The molecule has 0 aromatic heterocycles. The number of hydrogen-bond acceptors (Lipinski definition) is 3. The monoisotopic (exact) mass is 276 g/mol. The average molecular weight is 277 g/mol. The molecule has 0 atom stereocenters. The topological polar surface area (TPSA) is 72.2 Å². The number of carbonyl (C=O) groups is 1. The summed E-state index contributed by atoms with van der Waals surface area (Å²) in [5.74, 6) is 0. The molecule has 0 aliphatic carbocycles. The number of nitro benzene ring substituents is 1. The minimum Gasteiger partial charge on any atom is -0.312 e. The van der Waals surface area contributed by atoms with Crippen molar-refractivity contribution in [3.8, 4) is 11.1 Å². The lowest BCUT2D eigenvalue weighted by Crippen LogP contribution is -2.02. The highest BCUT2D eigenvalue weighted by Crippen LogP contribution is 2.29. The van der Waals surface area contributed by atoms with E-state index in [4.69, 9.17) is 11.6 Å². The highest BCUT2D eigenvalue weighted by atomic mass is 35.5.